The van der Waals surface area contributed by atoms with Gasteiger partial charge >= 0.3 is 5.51 Å². The standard InChI is InChI=1S/C18H14OS.CHF3O3S/c1-3-7-15(8-4-1)19-16-11-13-18(14-12-16)20-17-9-5-2-6-10-17;2-1(3,4)8(5,6)7/h1-14H;(H,5,6,7). The van der Waals surface area contributed by atoms with Gasteiger partial charge in [0, 0.05) is 11.8 Å². The van der Waals surface area contributed by atoms with Gasteiger partial charge in [0.15, 0.2) is 19.9 Å². The lowest BCUT2D eigenvalue weighted by atomic mass is 10.3. The van der Waals surface area contributed by atoms with Crippen LogP contribution in [0.5, 0.6) is 11.5 Å². The molecule has 3 rings (SSSR count). The summed E-state index contributed by atoms with van der Waals surface area (Å²) < 4.78 is 64.7. The first-order valence-corrected chi connectivity index (χ1v) is 10.1. The van der Waals surface area contributed by atoms with Crippen molar-refractivity contribution in [1.29, 1.82) is 0 Å². The molecule has 0 aliphatic heterocycles. The summed E-state index contributed by atoms with van der Waals surface area (Å²) in [5.74, 6) is 1.73. The van der Waals surface area contributed by atoms with Gasteiger partial charge in [0.25, 0.3) is 0 Å². The maximum absolute atomic E-state index is 10.7. The van der Waals surface area contributed by atoms with Crippen LogP contribution >= 0.6 is 0 Å². The summed E-state index contributed by atoms with van der Waals surface area (Å²) in [6, 6.07) is 28.5. The molecular weight excluding hydrogens is 413 g/mol. The molecule has 0 amide bonds. The highest BCUT2D eigenvalue weighted by Gasteiger charge is 2.36. The average Bonchev–Trinajstić information content (AvgIpc) is 2.64. The summed E-state index contributed by atoms with van der Waals surface area (Å²) in [5, 5.41) is 0. The first kappa shape index (κ1) is 21.8. The average molecular weight is 428 g/mol. The second-order valence-corrected chi connectivity index (χ2v) is 7.88. The highest BCUT2D eigenvalue weighted by Crippen LogP contribution is 2.23. The minimum atomic E-state index is -6.09. The first-order chi connectivity index (χ1) is 13.1. The topological polar surface area (TPSA) is 66.4 Å². The summed E-state index contributed by atoms with van der Waals surface area (Å²) in [6.45, 7) is 0. The zero-order valence-electron chi connectivity index (χ0n) is 14.2. The lowest BCUT2D eigenvalue weighted by Crippen LogP contribution is -2.21. The Morgan fingerprint density at radius 2 is 1.11 bits per heavy atom. The molecular formula is C19H15F3O4S2. The zero-order chi connectivity index (χ0) is 20.6. The van der Waals surface area contributed by atoms with E-state index in [1.807, 2.05) is 48.5 Å². The van der Waals surface area contributed by atoms with E-state index in [1.165, 1.54) is 21.6 Å². The maximum Gasteiger partial charge on any atom is 0.485 e. The third-order valence-electron chi connectivity index (χ3n) is 3.11. The Bertz CT molecular complexity index is 899. The summed E-state index contributed by atoms with van der Waals surface area (Å²) >= 11 is 1.22. The Labute approximate surface area is 164 Å². The van der Waals surface area contributed by atoms with Crippen molar-refractivity contribution in [3.8, 4) is 11.5 Å². The smallest absolute Gasteiger partial charge is 0.485 e. The van der Waals surface area contributed by atoms with Gasteiger partial charge in [0.1, 0.15) is 11.5 Å². The van der Waals surface area contributed by atoms with Gasteiger partial charge in [-0.1, -0.05) is 36.4 Å². The number of alkyl halides is 3. The van der Waals surface area contributed by atoms with Crippen LogP contribution in [0.3, 0.4) is 0 Å². The fraction of sp³-hybridized carbons (Fsp3) is 0.0526. The second-order valence-electron chi connectivity index (χ2n) is 5.26. The molecule has 0 unspecified atom stereocenters. The molecule has 0 aliphatic rings. The van der Waals surface area contributed by atoms with Gasteiger partial charge < -0.3 is 9.29 Å². The molecule has 0 radical (unpaired) electrons. The summed E-state index contributed by atoms with van der Waals surface area (Å²) in [5.41, 5.74) is -5.65. The Morgan fingerprint density at radius 1 is 0.714 bits per heavy atom. The lowest BCUT2D eigenvalue weighted by Gasteiger charge is -2.08. The monoisotopic (exact) mass is 428 g/mol. The predicted octanol–water partition coefficient (Wildman–Crippen LogP) is 4.76. The Hall–Kier alpha value is -2.49. The number of hydrogen-bond acceptors (Lipinski definition) is 4. The van der Waals surface area contributed by atoms with Gasteiger partial charge in [0.05, 0.1) is 0 Å². The molecule has 4 nitrogen and oxygen atoms in total. The summed E-state index contributed by atoms with van der Waals surface area (Å²) in [6.07, 6.45) is 0. The number of ether oxygens (including phenoxy) is 1. The fourth-order valence-corrected chi connectivity index (χ4v) is 2.78. The van der Waals surface area contributed by atoms with E-state index in [0.29, 0.717) is 0 Å². The van der Waals surface area contributed by atoms with Gasteiger partial charge in [-0.3, -0.25) is 0 Å². The molecule has 148 valence electrons. The number of para-hydroxylation sites is 1. The first-order valence-electron chi connectivity index (χ1n) is 7.77. The van der Waals surface area contributed by atoms with Crippen molar-refractivity contribution in [2.45, 2.75) is 15.3 Å². The highest BCUT2D eigenvalue weighted by atomic mass is 32.2. The van der Waals surface area contributed by atoms with Crippen LogP contribution in [-0.4, -0.2) is 18.5 Å². The van der Waals surface area contributed by atoms with Gasteiger partial charge in [-0.2, -0.15) is 13.2 Å². The molecule has 0 saturated heterocycles. The molecule has 0 aliphatic carbocycles. The molecule has 3 aromatic carbocycles. The van der Waals surface area contributed by atoms with Crippen molar-refractivity contribution in [3.05, 3.63) is 84.9 Å². The van der Waals surface area contributed by atoms with Crippen LogP contribution in [0.2, 0.25) is 0 Å². The summed E-state index contributed by atoms with van der Waals surface area (Å²) in [4.78, 5) is 2.56. The van der Waals surface area contributed by atoms with Crippen molar-refractivity contribution in [3.63, 3.8) is 0 Å². The third kappa shape index (κ3) is 7.26. The quantitative estimate of drug-likeness (QED) is 0.260. The molecule has 0 atom stereocenters. The van der Waals surface area contributed by atoms with E-state index >= 15 is 0 Å². The second kappa shape index (κ2) is 9.63. The van der Waals surface area contributed by atoms with E-state index in [0.717, 1.165) is 11.5 Å². The van der Waals surface area contributed by atoms with Gasteiger partial charge in [-0.25, -0.2) is 8.42 Å². The van der Waals surface area contributed by atoms with Crippen LogP contribution in [0.15, 0.2) is 94.7 Å². The molecule has 0 saturated carbocycles. The Balaban J connectivity index is 0.000000300. The van der Waals surface area contributed by atoms with Crippen molar-refractivity contribution in [2.24, 2.45) is 0 Å². The largest absolute Gasteiger partial charge is 0.741 e. The van der Waals surface area contributed by atoms with Gasteiger partial charge in [-0.05, 0) is 48.5 Å². The molecule has 0 heterocycles. The molecule has 0 aromatic heterocycles. The van der Waals surface area contributed by atoms with E-state index < -0.39 is 15.6 Å². The molecule has 0 spiro atoms. The van der Waals surface area contributed by atoms with Gasteiger partial charge in [0.2, 0.25) is 0 Å². The zero-order valence-corrected chi connectivity index (χ0v) is 15.9. The molecule has 28 heavy (non-hydrogen) atoms. The fourth-order valence-electron chi connectivity index (χ4n) is 1.86. The number of halogens is 3. The molecule has 0 fully saturated rings. The minimum absolute atomic E-state index is 0.862. The normalized spacial score (nSPS) is 11.3. The van der Waals surface area contributed by atoms with Crippen LogP contribution in [0.25, 0.3) is 0 Å². The predicted molar refractivity (Wildman–Crippen MR) is 100 cm³/mol. The van der Waals surface area contributed by atoms with Crippen LogP contribution < -0.4 is 4.74 Å². The number of benzene rings is 3. The van der Waals surface area contributed by atoms with E-state index in [1.54, 1.807) is 0 Å². The molecule has 0 N–H and O–H groups in total. The maximum atomic E-state index is 10.7. The molecule has 9 heteroatoms. The van der Waals surface area contributed by atoms with Crippen molar-refractivity contribution in [2.75, 3.05) is 0 Å². The SMILES string of the molecule is O=S(=O)([O-])C(F)(F)F.c1ccc(Oc2ccc([SH+]c3ccccc3)cc2)cc1. The van der Waals surface area contributed by atoms with E-state index in [2.05, 4.69) is 36.4 Å². The molecule has 3 aromatic rings. The van der Waals surface area contributed by atoms with Crippen LogP contribution in [-0.2, 0) is 21.9 Å². The van der Waals surface area contributed by atoms with Crippen molar-refractivity contribution < 1.29 is 30.9 Å². The summed E-state index contributed by atoms with van der Waals surface area (Å²) in [7, 11) is -6.09. The van der Waals surface area contributed by atoms with E-state index in [4.69, 9.17) is 17.7 Å². The highest BCUT2D eigenvalue weighted by molar-refractivity contribution is 7.86. The number of rotatable bonds is 4. The lowest BCUT2D eigenvalue weighted by molar-refractivity contribution is -0.0517. The van der Waals surface area contributed by atoms with Crippen molar-refractivity contribution >= 4 is 21.9 Å². The minimum Gasteiger partial charge on any atom is -0.741 e. The van der Waals surface area contributed by atoms with E-state index in [-0.39, 0.29) is 0 Å². The van der Waals surface area contributed by atoms with Crippen LogP contribution in [0.4, 0.5) is 13.2 Å². The Kier molecular flexibility index (Phi) is 7.50. The van der Waals surface area contributed by atoms with E-state index in [9.17, 15) is 13.2 Å². The molecule has 0 bridgehead atoms. The van der Waals surface area contributed by atoms with Gasteiger partial charge in [-0.15, -0.1) is 0 Å². The van der Waals surface area contributed by atoms with Crippen LogP contribution in [0, 0.1) is 0 Å². The Morgan fingerprint density at radius 3 is 1.57 bits per heavy atom. The number of hydrogen-bond donors (Lipinski definition) is 0. The van der Waals surface area contributed by atoms with Crippen molar-refractivity contribution in [1.82, 2.24) is 0 Å². The number of thiol groups is 1. The van der Waals surface area contributed by atoms with Crippen LogP contribution in [0.1, 0.15) is 0 Å². The third-order valence-corrected chi connectivity index (χ3v) is 4.79.